The summed E-state index contributed by atoms with van der Waals surface area (Å²) in [5, 5.41) is 0. The van der Waals surface area contributed by atoms with Gasteiger partial charge >= 0.3 is 6.18 Å². The lowest BCUT2D eigenvalue weighted by Crippen LogP contribution is -2.50. The lowest BCUT2D eigenvalue weighted by atomic mass is 9.97. The van der Waals surface area contributed by atoms with E-state index in [1.54, 1.807) is 65.4 Å². The lowest BCUT2D eigenvalue weighted by Gasteiger charge is -2.35. The average molecular weight is 468 g/mol. The Balaban J connectivity index is 1.46. The fourth-order valence-electron chi connectivity index (χ4n) is 3.96. The second-order valence-corrected chi connectivity index (χ2v) is 7.93. The smallest absolute Gasteiger partial charge is 0.416 e. The molecule has 0 unspecified atom stereocenters. The lowest BCUT2D eigenvalue weighted by molar-refractivity contribution is -0.137. The summed E-state index contributed by atoms with van der Waals surface area (Å²) in [6.45, 7) is 1.50. The van der Waals surface area contributed by atoms with E-state index in [9.17, 15) is 22.8 Å². The maximum absolute atomic E-state index is 13.3. The van der Waals surface area contributed by atoms with Crippen molar-refractivity contribution in [1.29, 1.82) is 0 Å². The van der Waals surface area contributed by atoms with E-state index < -0.39 is 11.7 Å². The van der Waals surface area contributed by atoms with Gasteiger partial charge in [-0.3, -0.25) is 9.59 Å². The molecular formula is C26H23F3N2O3. The van der Waals surface area contributed by atoms with Crippen molar-refractivity contribution >= 4 is 11.8 Å². The number of benzene rings is 3. The van der Waals surface area contributed by atoms with E-state index in [-0.39, 0.29) is 11.8 Å². The number of nitrogens with zero attached hydrogens (tertiary/aromatic N) is 2. The van der Waals surface area contributed by atoms with E-state index in [4.69, 9.17) is 4.74 Å². The van der Waals surface area contributed by atoms with Gasteiger partial charge < -0.3 is 14.5 Å². The molecule has 176 valence electrons. The third-order valence-electron chi connectivity index (χ3n) is 5.87. The summed E-state index contributed by atoms with van der Waals surface area (Å²) in [4.78, 5) is 29.4. The van der Waals surface area contributed by atoms with E-state index in [1.807, 2.05) is 0 Å². The van der Waals surface area contributed by atoms with Gasteiger partial charge in [0, 0.05) is 37.3 Å². The highest BCUT2D eigenvalue weighted by Gasteiger charge is 2.30. The van der Waals surface area contributed by atoms with Crippen molar-refractivity contribution in [2.75, 3.05) is 33.3 Å². The SMILES string of the molecule is COc1ccc(C(=O)N2CCN(C(=O)c3ccccc3-c3ccc(C(F)(F)F)cc3)CC2)cc1. The molecule has 8 heteroatoms. The number of amides is 2. The van der Waals surface area contributed by atoms with Gasteiger partial charge in [0.15, 0.2) is 0 Å². The number of hydrogen-bond donors (Lipinski definition) is 0. The molecule has 2 amide bonds. The fourth-order valence-corrected chi connectivity index (χ4v) is 3.96. The standard InChI is InChI=1S/C26H23F3N2O3/c1-34-21-12-8-19(9-13-21)24(32)30-14-16-31(17-15-30)25(33)23-5-3-2-4-22(23)18-6-10-20(11-7-18)26(27,28)29/h2-13H,14-17H2,1H3. The number of methoxy groups -OCH3 is 1. The minimum Gasteiger partial charge on any atom is -0.497 e. The van der Waals surface area contributed by atoms with Crippen LogP contribution in [0.2, 0.25) is 0 Å². The molecular weight excluding hydrogens is 445 g/mol. The van der Waals surface area contributed by atoms with Gasteiger partial charge in [-0.05, 0) is 53.6 Å². The van der Waals surface area contributed by atoms with E-state index in [0.29, 0.717) is 54.2 Å². The summed E-state index contributed by atoms with van der Waals surface area (Å²) in [7, 11) is 1.56. The van der Waals surface area contributed by atoms with Crippen LogP contribution in [0.5, 0.6) is 5.75 Å². The number of hydrogen-bond acceptors (Lipinski definition) is 3. The second kappa shape index (κ2) is 9.59. The van der Waals surface area contributed by atoms with Gasteiger partial charge in [0.25, 0.3) is 11.8 Å². The van der Waals surface area contributed by atoms with Crippen molar-refractivity contribution in [3.05, 3.63) is 89.5 Å². The molecule has 0 atom stereocenters. The Bertz CT molecular complexity index is 1170. The van der Waals surface area contributed by atoms with Gasteiger partial charge in [-0.25, -0.2) is 0 Å². The zero-order chi connectivity index (χ0) is 24.3. The summed E-state index contributed by atoms with van der Waals surface area (Å²) in [6, 6.07) is 18.5. The van der Waals surface area contributed by atoms with Crippen molar-refractivity contribution in [2.24, 2.45) is 0 Å². The minimum absolute atomic E-state index is 0.111. The Kier molecular flexibility index (Phi) is 6.58. The highest BCUT2D eigenvalue weighted by molar-refractivity contribution is 6.01. The van der Waals surface area contributed by atoms with Crippen LogP contribution >= 0.6 is 0 Å². The first kappa shape index (κ1) is 23.4. The molecule has 3 aromatic carbocycles. The van der Waals surface area contributed by atoms with Crippen LogP contribution < -0.4 is 4.74 Å². The molecule has 34 heavy (non-hydrogen) atoms. The van der Waals surface area contributed by atoms with Crippen LogP contribution in [-0.4, -0.2) is 54.9 Å². The van der Waals surface area contributed by atoms with Crippen molar-refractivity contribution in [3.8, 4) is 16.9 Å². The minimum atomic E-state index is -4.42. The molecule has 1 heterocycles. The molecule has 0 spiro atoms. The summed E-state index contributed by atoms with van der Waals surface area (Å²) in [6.07, 6.45) is -4.42. The predicted octanol–water partition coefficient (Wildman–Crippen LogP) is 4.98. The van der Waals surface area contributed by atoms with Gasteiger partial charge in [0.1, 0.15) is 5.75 Å². The number of piperazine rings is 1. The third kappa shape index (κ3) is 4.90. The van der Waals surface area contributed by atoms with Crippen molar-refractivity contribution in [1.82, 2.24) is 9.80 Å². The summed E-state index contributed by atoms with van der Waals surface area (Å²) in [5.74, 6) is 0.339. The molecule has 0 N–H and O–H groups in total. The molecule has 1 aliphatic heterocycles. The van der Waals surface area contributed by atoms with Gasteiger partial charge in [-0.1, -0.05) is 30.3 Å². The molecule has 0 radical (unpaired) electrons. The summed E-state index contributed by atoms with van der Waals surface area (Å²) >= 11 is 0. The van der Waals surface area contributed by atoms with Gasteiger partial charge in [-0.2, -0.15) is 13.2 Å². The summed E-state index contributed by atoms with van der Waals surface area (Å²) in [5.41, 5.74) is 1.33. The first-order chi connectivity index (χ1) is 16.3. The molecule has 0 aliphatic carbocycles. The van der Waals surface area contributed by atoms with Crippen molar-refractivity contribution in [2.45, 2.75) is 6.18 Å². The maximum Gasteiger partial charge on any atom is 0.416 e. The van der Waals surface area contributed by atoms with Gasteiger partial charge in [0.2, 0.25) is 0 Å². The quantitative estimate of drug-likeness (QED) is 0.543. The van der Waals surface area contributed by atoms with E-state index in [2.05, 4.69) is 0 Å². The molecule has 0 bridgehead atoms. The molecule has 0 saturated carbocycles. The highest BCUT2D eigenvalue weighted by Crippen LogP contribution is 2.32. The van der Waals surface area contributed by atoms with Crippen LogP contribution in [0, 0.1) is 0 Å². The molecule has 5 nitrogen and oxygen atoms in total. The van der Waals surface area contributed by atoms with Crippen LogP contribution in [0.15, 0.2) is 72.8 Å². The zero-order valence-corrected chi connectivity index (χ0v) is 18.5. The maximum atomic E-state index is 13.3. The van der Waals surface area contributed by atoms with Gasteiger partial charge in [0.05, 0.1) is 12.7 Å². The number of ether oxygens (including phenoxy) is 1. The Morgan fingerprint density at radius 3 is 1.88 bits per heavy atom. The van der Waals surface area contributed by atoms with Crippen molar-refractivity contribution < 1.29 is 27.5 Å². The van der Waals surface area contributed by atoms with Crippen LogP contribution in [-0.2, 0) is 6.18 Å². The Hall–Kier alpha value is -3.81. The van der Waals surface area contributed by atoms with Crippen LogP contribution in [0.1, 0.15) is 26.3 Å². The average Bonchev–Trinajstić information content (AvgIpc) is 2.87. The monoisotopic (exact) mass is 468 g/mol. The number of carbonyl (C=O) groups excluding carboxylic acids is 2. The molecule has 1 aliphatic rings. The largest absolute Gasteiger partial charge is 0.497 e. The number of halogens is 3. The molecule has 3 aromatic rings. The Morgan fingerprint density at radius 2 is 1.32 bits per heavy atom. The second-order valence-electron chi connectivity index (χ2n) is 7.93. The Labute approximate surface area is 195 Å². The summed E-state index contributed by atoms with van der Waals surface area (Å²) < 4.78 is 43.8. The fraction of sp³-hybridized carbons (Fsp3) is 0.231. The van der Waals surface area contributed by atoms with Crippen LogP contribution in [0.3, 0.4) is 0 Å². The number of alkyl halides is 3. The molecule has 1 saturated heterocycles. The van der Waals surface area contributed by atoms with Gasteiger partial charge in [-0.15, -0.1) is 0 Å². The first-order valence-electron chi connectivity index (χ1n) is 10.8. The van der Waals surface area contributed by atoms with E-state index in [0.717, 1.165) is 12.1 Å². The van der Waals surface area contributed by atoms with E-state index >= 15 is 0 Å². The third-order valence-corrected chi connectivity index (χ3v) is 5.87. The molecule has 0 aromatic heterocycles. The highest BCUT2D eigenvalue weighted by atomic mass is 19.4. The Morgan fingerprint density at radius 1 is 0.765 bits per heavy atom. The van der Waals surface area contributed by atoms with Crippen molar-refractivity contribution in [3.63, 3.8) is 0 Å². The van der Waals surface area contributed by atoms with Crippen LogP contribution in [0.4, 0.5) is 13.2 Å². The zero-order valence-electron chi connectivity index (χ0n) is 18.5. The molecule has 4 rings (SSSR count). The first-order valence-corrected chi connectivity index (χ1v) is 10.8. The van der Waals surface area contributed by atoms with E-state index in [1.165, 1.54) is 12.1 Å². The number of rotatable bonds is 4. The van der Waals surface area contributed by atoms with Crippen LogP contribution in [0.25, 0.3) is 11.1 Å². The topological polar surface area (TPSA) is 49.9 Å². The molecule has 1 fully saturated rings. The predicted molar refractivity (Wildman–Crippen MR) is 122 cm³/mol. The number of carbonyl (C=O) groups is 2. The normalized spacial score (nSPS) is 14.1.